The fourth-order valence-corrected chi connectivity index (χ4v) is 2.76. The number of nitrogens with one attached hydrogen (secondary N) is 2. The van der Waals surface area contributed by atoms with E-state index in [4.69, 9.17) is 18.1 Å². The van der Waals surface area contributed by atoms with Crippen molar-refractivity contribution in [3.05, 3.63) is 71.4 Å². The van der Waals surface area contributed by atoms with Crippen molar-refractivity contribution >= 4 is 34.4 Å². The lowest BCUT2D eigenvalue weighted by atomic mass is 10.1. The number of nitrogens with two attached hydrogens (primary N) is 1. The molecule has 0 fully saturated rings. The third-order valence-corrected chi connectivity index (χ3v) is 3.96. The number of rotatable bonds is 4. The van der Waals surface area contributed by atoms with Crippen molar-refractivity contribution in [2.24, 2.45) is 10.9 Å². The van der Waals surface area contributed by atoms with Crippen LogP contribution >= 0.6 is 12.2 Å². The molecule has 0 saturated carbocycles. The van der Waals surface area contributed by atoms with Gasteiger partial charge in [-0.1, -0.05) is 48.0 Å². The van der Waals surface area contributed by atoms with Gasteiger partial charge >= 0.3 is 0 Å². The van der Waals surface area contributed by atoms with Gasteiger partial charge in [-0.25, -0.2) is 5.84 Å². The van der Waals surface area contributed by atoms with Crippen LogP contribution in [0.25, 0.3) is 10.9 Å². The number of fused-ring (bicyclic) bond motifs is 1. The minimum absolute atomic E-state index is 0.273. The first-order chi connectivity index (χ1) is 11.7. The monoisotopic (exact) mass is 337 g/mol. The predicted molar refractivity (Wildman–Crippen MR) is 103 cm³/mol. The highest BCUT2D eigenvalue weighted by Gasteiger charge is 2.07. The van der Waals surface area contributed by atoms with Gasteiger partial charge in [0, 0.05) is 29.2 Å². The van der Waals surface area contributed by atoms with Crippen LogP contribution in [0.15, 0.2) is 59.8 Å². The molecular weight excluding hydrogens is 318 g/mol. The second-order valence-corrected chi connectivity index (χ2v) is 5.97. The second kappa shape index (κ2) is 7.25. The molecular formula is C18H19N5S. The van der Waals surface area contributed by atoms with Gasteiger partial charge in [-0.3, -0.25) is 10.9 Å². The number of hydrazone groups is 1. The summed E-state index contributed by atoms with van der Waals surface area (Å²) in [7, 11) is 0. The van der Waals surface area contributed by atoms with Crippen LogP contribution < -0.4 is 16.7 Å². The smallest absolute Gasteiger partial charge is 0.201 e. The molecule has 0 amide bonds. The number of hydrazine groups is 1. The molecule has 1 heterocycles. The topological polar surface area (TPSA) is 67.4 Å². The van der Waals surface area contributed by atoms with Crippen molar-refractivity contribution in [3.63, 3.8) is 0 Å². The van der Waals surface area contributed by atoms with Crippen LogP contribution in [-0.4, -0.2) is 15.9 Å². The Labute approximate surface area is 146 Å². The second-order valence-electron chi connectivity index (χ2n) is 5.56. The highest BCUT2D eigenvalue weighted by molar-refractivity contribution is 7.80. The van der Waals surface area contributed by atoms with Gasteiger partial charge in [0.2, 0.25) is 5.11 Å². The number of aryl methyl sites for hydroxylation is 1. The van der Waals surface area contributed by atoms with Crippen molar-refractivity contribution in [3.8, 4) is 0 Å². The fraction of sp³-hybridized carbons (Fsp3) is 0.111. The lowest BCUT2D eigenvalue weighted by Crippen LogP contribution is -2.37. The zero-order chi connectivity index (χ0) is 16.9. The zero-order valence-electron chi connectivity index (χ0n) is 13.4. The van der Waals surface area contributed by atoms with Crippen molar-refractivity contribution in [1.82, 2.24) is 15.4 Å². The summed E-state index contributed by atoms with van der Waals surface area (Å²) in [5.74, 6) is 5.21. The Bertz CT molecular complexity index is 897. The molecule has 0 bridgehead atoms. The zero-order valence-corrected chi connectivity index (χ0v) is 14.2. The van der Waals surface area contributed by atoms with Crippen LogP contribution in [0.2, 0.25) is 0 Å². The largest absolute Gasteiger partial charge is 0.342 e. The van der Waals surface area contributed by atoms with Crippen molar-refractivity contribution in [2.45, 2.75) is 13.5 Å². The van der Waals surface area contributed by atoms with E-state index in [1.54, 1.807) is 6.21 Å². The molecule has 0 spiro atoms. The number of para-hydroxylation sites is 1. The number of thiocarbonyl (C=S) groups is 1. The van der Waals surface area contributed by atoms with E-state index in [1.807, 2.05) is 12.1 Å². The maximum atomic E-state index is 5.21. The first-order valence-electron chi connectivity index (χ1n) is 7.60. The first kappa shape index (κ1) is 16.2. The predicted octanol–water partition coefficient (Wildman–Crippen LogP) is 2.67. The molecule has 122 valence electrons. The summed E-state index contributed by atoms with van der Waals surface area (Å²) >= 11 is 4.90. The molecule has 0 aliphatic carbocycles. The summed E-state index contributed by atoms with van der Waals surface area (Å²) < 4.78 is 2.23. The van der Waals surface area contributed by atoms with Crippen LogP contribution in [0, 0.1) is 6.92 Å². The number of benzene rings is 2. The van der Waals surface area contributed by atoms with Crippen LogP contribution in [0.5, 0.6) is 0 Å². The summed E-state index contributed by atoms with van der Waals surface area (Å²) in [6.45, 7) is 2.92. The summed E-state index contributed by atoms with van der Waals surface area (Å²) in [6, 6.07) is 16.8. The minimum atomic E-state index is 0.273. The Hall–Kier alpha value is -2.70. The van der Waals surface area contributed by atoms with E-state index >= 15 is 0 Å². The van der Waals surface area contributed by atoms with Gasteiger partial charge in [0.05, 0.1) is 6.21 Å². The molecule has 0 atom stereocenters. The molecule has 4 N–H and O–H groups in total. The van der Waals surface area contributed by atoms with Crippen LogP contribution in [-0.2, 0) is 6.54 Å². The first-order valence-corrected chi connectivity index (χ1v) is 8.01. The average Bonchev–Trinajstić information content (AvgIpc) is 2.93. The SMILES string of the molecule is Cc1cccc(Cn2cc(/C=N/NC(=S)NN)c3ccccc32)c1. The maximum absolute atomic E-state index is 5.21. The van der Waals surface area contributed by atoms with Crippen LogP contribution in [0.4, 0.5) is 0 Å². The molecule has 0 aliphatic heterocycles. The maximum Gasteiger partial charge on any atom is 0.201 e. The summed E-state index contributed by atoms with van der Waals surface area (Å²) in [4.78, 5) is 0. The highest BCUT2D eigenvalue weighted by Crippen LogP contribution is 2.21. The third-order valence-electron chi connectivity index (χ3n) is 3.76. The number of hydrogen-bond donors (Lipinski definition) is 3. The molecule has 0 saturated heterocycles. The molecule has 1 aromatic heterocycles. The van der Waals surface area contributed by atoms with Crippen molar-refractivity contribution in [2.75, 3.05) is 0 Å². The lowest BCUT2D eigenvalue weighted by Gasteiger charge is -2.06. The minimum Gasteiger partial charge on any atom is -0.342 e. The molecule has 0 unspecified atom stereocenters. The van der Waals surface area contributed by atoms with Gasteiger partial charge in [0.1, 0.15) is 0 Å². The highest BCUT2D eigenvalue weighted by atomic mass is 32.1. The van der Waals surface area contributed by atoms with E-state index in [0.717, 1.165) is 17.5 Å². The molecule has 0 radical (unpaired) electrons. The Morgan fingerprint density at radius 3 is 2.88 bits per heavy atom. The quantitative estimate of drug-likeness (QED) is 0.296. The number of hydrogen-bond acceptors (Lipinski definition) is 3. The molecule has 5 nitrogen and oxygen atoms in total. The van der Waals surface area contributed by atoms with Gasteiger partial charge in [-0.2, -0.15) is 5.10 Å². The van der Waals surface area contributed by atoms with Gasteiger partial charge in [0.15, 0.2) is 0 Å². The van der Waals surface area contributed by atoms with Gasteiger partial charge in [0.25, 0.3) is 0 Å². The molecule has 24 heavy (non-hydrogen) atoms. The van der Waals surface area contributed by atoms with Gasteiger partial charge < -0.3 is 4.57 Å². The Kier molecular flexibility index (Phi) is 4.88. The molecule has 3 rings (SSSR count). The van der Waals surface area contributed by atoms with E-state index < -0.39 is 0 Å². The molecule has 3 aromatic rings. The number of nitrogens with zero attached hydrogens (tertiary/aromatic N) is 2. The van der Waals surface area contributed by atoms with E-state index in [-0.39, 0.29) is 5.11 Å². The van der Waals surface area contributed by atoms with Gasteiger partial charge in [-0.05, 0) is 30.8 Å². The standard InChI is InChI=1S/C18H19N5S/c1-13-5-4-6-14(9-13)11-23-12-15(10-20-22-18(24)21-19)16-7-2-3-8-17(16)23/h2-10,12H,11,19H2,1H3,(H2,21,22,24)/b20-10+. The summed E-state index contributed by atoms with van der Waals surface area (Å²) in [6.07, 6.45) is 3.84. The van der Waals surface area contributed by atoms with E-state index in [1.165, 1.54) is 16.6 Å². The van der Waals surface area contributed by atoms with Gasteiger partial charge in [-0.15, -0.1) is 0 Å². The Morgan fingerprint density at radius 2 is 2.08 bits per heavy atom. The van der Waals surface area contributed by atoms with Crippen molar-refractivity contribution in [1.29, 1.82) is 0 Å². The fourth-order valence-electron chi connectivity index (χ4n) is 2.71. The van der Waals surface area contributed by atoms with Crippen LogP contribution in [0.3, 0.4) is 0 Å². The normalized spacial score (nSPS) is 11.1. The summed E-state index contributed by atoms with van der Waals surface area (Å²) in [5, 5.41) is 5.54. The van der Waals surface area contributed by atoms with Crippen LogP contribution in [0.1, 0.15) is 16.7 Å². The Balaban J connectivity index is 1.93. The molecule has 0 aliphatic rings. The number of aromatic nitrogens is 1. The third kappa shape index (κ3) is 3.61. The summed E-state index contributed by atoms with van der Waals surface area (Å²) in [5.41, 5.74) is 9.72. The Morgan fingerprint density at radius 1 is 1.25 bits per heavy atom. The van der Waals surface area contributed by atoms with E-state index in [9.17, 15) is 0 Å². The lowest BCUT2D eigenvalue weighted by molar-refractivity contribution is 0.835. The molecule has 6 heteroatoms. The molecule has 2 aromatic carbocycles. The van der Waals surface area contributed by atoms with E-state index in [0.29, 0.717) is 0 Å². The average molecular weight is 337 g/mol. The van der Waals surface area contributed by atoms with Crippen molar-refractivity contribution < 1.29 is 0 Å². The van der Waals surface area contributed by atoms with E-state index in [2.05, 4.69) is 70.0 Å².